The van der Waals surface area contributed by atoms with Crippen molar-refractivity contribution in [3.63, 3.8) is 0 Å². The first kappa shape index (κ1) is 77.3. The van der Waals surface area contributed by atoms with Gasteiger partial charge in [-0.25, -0.2) is 0 Å². The molecule has 1 amide bonds. The molecule has 468 valence electrons. The van der Waals surface area contributed by atoms with Gasteiger partial charge in [-0.3, -0.25) is 9.59 Å². The van der Waals surface area contributed by atoms with Crippen molar-refractivity contribution < 1.29 is 24.5 Å². The van der Waals surface area contributed by atoms with Crippen LogP contribution in [0.1, 0.15) is 406 Å². The largest absolute Gasteiger partial charge is 0.466 e. The van der Waals surface area contributed by atoms with Crippen LogP contribution in [-0.4, -0.2) is 47.4 Å². The van der Waals surface area contributed by atoms with Crippen LogP contribution in [0.15, 0.2) is 24.3 Å². The zero-order chi connectivity index (χ0) is 57.1. The molecule has 0 fully saturated rings. The van der Waals surface area contributed by atoms with Crippen LogP contribution in [0.3, 0.4) is 0 Å². The summed E-state index contributed by atoms with van der Waals surface area (Å²) in [6.45, 7) is 4.95. The summed E-state index contributed by atoms with van der Waals surface area (Å²) < 4.78 is 5.50. The van der Waals surface area contributed by atoms with Crippen LogP contribution in [0.25, 0.3) is 0 Å². The van der Waals surface area contributed by atoms with Crippen LogP contribution in [-0.2, 0) is 14.3 Å². The molecule has 3 N–H and O–H groups in total. The van der Waals surface area contributed by atoms with Crippen molar-refractivity contribution in [1.29, 1.82) is 0 Å². The van der Waals surface area contributed by atoms with Crippen molar-refractivity contribution >= 4 is 11.9 Å². The lowest BCUT2D eigenvalue weighted by molar-refractivity contribution is -0.143. The average Bonchev–Trinajstić information content (AvgIpc) is 3.45. The molecule has 0 aromatic heterocycles. The summed E-state index contributed by atoms with van der Waals surface area (Å²) in [5.74, 6) is -0.0140. The molecular formula is C73H141NO5. The van der Waals surface area contributed by atoms with E-state index >= 15 is 0 Å². The predicted octanol–water partition coefficient (Wildman–Crippen LogP) is 23.3. The van der Waals surface area contributed by atoms with Crippen LogP contribution < -0.4 is 5.32 Å². The molecule has 0 saturated heterocycles. The molecule has 0 bridgehead atoms. The van der Waals surface area contributed by atoms with E-state index in [0.717, 1.165) is 51.4 Å². The van der Waals surface area contributed by atoms with E-state index in [-0.39, 0.29) is 18.5 Å². The molecule has 0 saturated carbocycles. The Bertz CT molecular complexity index is 1230. The Balaban J connectivity index is 3.29. The molecule has 2 unspecified atom stereocenters. The second kappa shape index (κ2) is 68.8. The minimum atomic E-state index is -0.659. The molecule has 6 heteroatoms. The standard InChI is InChI=1S/C73H141NO5/c1-3-5-7-9-11-13-15-17-18-36-40-43-47-51-55-59-63-67-73(78)79-68-64-60-56-52-48-44-41-38-35-33-31-29-27-25-23-21-19-20-22-24-26-28-30-32-34-37-39-42-46-50-54-58-62-66-72(77)74-70(69-75)71(76)65-61-57-53-49-45-16-14-12-10-8-6-4-2/h11,13,17-18,70-71,75-76H,3-10,12,14-16,19-69H2,1-2H3,(H,74,77)/b13-11-,18-17-. The molecule has 0 aliphatic heterocycles. The molecule has 6 nitrogen and oxygen atoms in total. The number of esters is 1. The van der Waals surface area contributed by atoms with Gasteiger partial charge in [-0.1, -0.05) is 359 Å². The van der Waals surface area contributed by atoms with E-state index in [1.54, 1.807) is 0 Å². The van der Waals surface area contributed by atoms with Gasteiger partial charge in [0.2, 0.25) is 5.91 Å². The highest BCUT2D eigenvalue weighted by Gasteiger charge is 2.20. The van der Waals surface area contributed by atoms with Crippen LogP contribution in [0.2, 0.25) is 0 Å². The van der Waals surface area contributed by atoms with Gasteiger partial charge in [0, 0.05) is 12.8 Å². The number of aliphatic hydroxyl groups excluding tert-OH is 2. The molecular weight excluding hydrogens is 971 g/mol. The fourth-order valence-electron chi connectivity index (χ4n) is 11.5. The summed E-state index contributed by atoms with van der Waals surface area (Å²) >= 11 is 0. The Hall–Kier alpha value is -1.66. The quantitative estimate of drug-likeness (QED) is 0.0320. The molecule has 0 aliphatic carbocycles. The summed E-state index contributed by atoms with van der Waals surface area (Å²) in [5, 5.41) is 23.3. The third-order valence-corrected chi connectivity index (χ3v) is 17.0. The number of ether oxygens (including phenoxy) is 1. The molecule has 0 aromatic carbocycles. The van der Waals surface area contributed by atoms with Gasteiger partial charge in [-0.2, -0.15) is 0 Å². The van der Waals surface area contributed by atoms with Gasteiger partial charge in [-0.05, 0) is 57.8 Å². The number of carbonyl (C=O) groups is 2. The van der Waals surface area contributed by atoms with Crippen LogP contribution in [0.5, 0.6) is 0 Å². The van der Waals surface area contributed by atoms with Gasteiger partial charge in [0.25, 0.3) is 0 Å². The molecule has 0 heterocycles. The van der Waals surface area contributed by atoms with Crippen LogP contribution >= 0.6 is 0 Å². The third kappa shape index (κ3) is 65.4. The second-order valence-corrected chi connectivity index (χ2v) is 24.9. The van der Waals surface area contributed by atoms with E-state index in [1.807, 2.05) is 0 Å². The summed E-state index contributed by atoms with van der Waals surface area (Å²) in [6.07, 6.45) is 86.8. The summed E-state index contributed by atoms with van der Waals surface area (Å²) in [7, 11) is 0. The Morgan fingerprint density at radius 2 is 0.633 bits per heavy atom. The van der Waals surface area contributed by atoms with E-state index in [0.29, 0.717) is 25.9 Å². The lowest BCUT2D eigenvalue weighted by Gasteiger charge is -2.22. The van der Waals surface area contributed by atoms with Crippen molar-refractivity contribution in [1.82, 2.24) is 5.32 Å². The first-order valence-electron chi connectivity index (χ1n) is 36.1. The number of amides is 1. The first-order chi connectivity index (χ1) is 39.0. The highest BCUT2D eigenvalue weighted by Crippen LogP contribution is 2.19. The Kier molecular flexibility index (Phi) is 67.4. The van der Waals surface area contributed by atoms with Gasteiger partial charge in [-0.15, -0.1) is 0 Å². The van der Waals surface area contributed by atoms with Gasteiger partial charge >= 0.3 is 5.97 Å². The lowest BCUT2D eigenvalue weighted by Crippen LogP contribution is -2.45. The van der Waals surface area contributed by atoms with Crippen LogP contribution in [0, 0.1) is 0 Å². The molecule has 0 rings (SSSR count). The fourth-order valence-corrected chi connectivity index (χ4v) is 11.5. The Morgan fingerprint density at radius 3 is 0.987 bits per heavy atom. The summed E-state index contributed by atoms with van der Waals surface area (Å²) in [6, 6.07) is -0.536. The molecule has 2 atom stereocenters. The highest BCUT2D eigenvalue weighted by molar-refractivity contribution is 5.76. The van der Waals surface area contributed by atoms with Crippen molar-refractivity contribution in [2.45, 2.75) is 418 Å². The summed E-state index contributed by atoms with van der Waals surface area (Å²) in [5.41, 5.74) is 0. The average molecular weight is 1110 g/mol. The first-order valence-corrected chi connectivity index (χ1v) is 36.1. The third-order valence-electron chi connectivity index (χ3n) is 17.0. The van der Waals surface area contributed by atoms with Crippen LogP contribution in [0.4, 0.5) is 0 Å². The normalized spacial score (nSPS) is 12.6. The van der Waals surface area contributed by atoms with E-state index in [9.17, 15) is 19.8 Å². The van der Waals surface area contributed by atoms with Gasteiger partial charge in [0.1, 0.15) is 0 Å². The zero-order valence-corrected chi connectivity index (χ0v) is 53.6. The van der Waals surface area contributed by atoms with E-state index in [4.69, 9.17) is 4.74 Å². The topological polar surface area (TPSA) is 95.9 Å². The van der Waals surface area contributed by atoms with E-state index in [1.165, 1.54) is 321 Å². The molecule has 0 aliphatic rings. The summed E-state index contributed by atoms with van der Waals surface area (Å²) in [4.78, 5) is 24.6. The molecule has 0 spiro atoms. The number of unbranched alkanes of at least 4 members (excludes halogenated alkanes) is 53. The number of hydrogen-bond acceptors (Lipinski definition) is 5. The second-order valence-electron chi connectivity index (χ2n) is 24.9. The number of allylic oxidation sites excluding steroid dienone is 4. The highest BCUT2D eigenvalue weighted by atomic mass is 16.5. The maximum Gasteiger partial charge on any atom is 0.305 e. The molecule has 79 heavy (non-hydrogen) atoms. The zero-order valence-electron chi connectivity index (χ0n) is 53.6. The monoisotopic (exact) mass is 1110 g/mol. The fraction of sp³-hybridized carbons (Fsp3) is 0.918. The minimum Gasteiger partial charge on any atom is -0.466 e. The smallest absolute Gasteiger partial charge is 0.305 e. The number of carbonyl (C=O) groups excluding carboxylic acids is 2. The molecule has 0 radical (unpaired) electrons. The SMILES string of the molecule is CCCCC/C=C\C/C=C\CCCCCCCCCC(=O)OCCCCCCCCCCCCCCCCCCCCCCCCCCCCCCCCCCCC(=O)NC(CO)C(O)CCCCCCCCCCCCCC. The maximum absolute atomic E-state index is 12.5. The van der Waals surface area contributed by atoms with Gasteiger partial charge < -0.3 is 20.3 Å². The van der Waals surface area contributed by atoms with Gasteiger partial charge in [0.15, 0.2) is 0 Å². The number of nitrogens with one attached hydrogen (secondary N) is 1. The number of aliphatic hydroxyl groups is 2. The maximum atomic E-state index is 12.5. The van der Waals surface area contributed by atoms with Crippen molar-refractivity contribution in [2.24, 2.45) is 0 Å². The number of hydrogen-bond donors (Lipinski definition) is 3. The van der Waals surface area contributed by atoms with E-state index < -0.39 is 12.1 Å². The predicted molar refractivity (Wildman–Crippen MR) is 347 cm³/mol. The van der Waals surface area contributed by atoms with Crippen molar-refractivity contribution in [3.05, 3.63) is 24.3 Å². The van der Waals surface area contributed by atoms with Crippen molar-refractivity contribution in [2.75, 3.05) is 13.2 Å². The lowest BCUT2D eigenvalue weighted by atomic mass is 10.0. The van der Waals surface area contributed by atoms with E-state index in [2.05, 4.69) is 43.5 Å². The van der Waals surface area contributed by atoms with Gasteiger partial charge in [0.05, 0.1) is 25.4 Å². The number of rotatable bonds is 68. The van der Waals surface area contributed by atoms with Crippen molar-refractivity contribution in [3.8, 4) is 0 Å². The minimum absolute atomic E-state index is 0.0145. The molecule has 0 aromatic rings. The Morgan fingerprint density at radius 1 is 0.354 bits per heavy atom. The Labute approximate surface area is 494 Å².